The smallest absolute Gasteiger partial charge is 0.227 e. The normalized spacial score (nSPS) is 10.6. The number of hydrogen-bond acceptors (Lipinski definition) is 5. The molecule has 94 valence electrons. The molecule has 2 aromatic heterocycles. The average Bonchev–Trinajstić information content (AvgIpc) is 2.43. The first-order valence-corrected chi connectivity index (χ1v) is 5.84. The summed E-state index contributed by atoms with van der Waals surface area (Å²) >= 11 is 0. The maximum absolute atomic E-state index is 5.70. The second kappa shape index (κ2) is 4.53. The van der Waals surface area contributed by atoms with Crippen molar-refractivity contribution >= 4 is 16.9 Å². The molecule has 2 heterocycles. The molecular weight excluding hydrogens is 240 g/mol. The molecule has 0 spiro atoms. The van der Waals surface area contributed by atoms with Gasteiger partial charge in [0.2, 0.25) is 11.8 Å². The van der Waals surface area contributed by atoms with Gasteiger partial charge >= 0.3 is 0 Å². The highest BCUT2D eigenvalue weighted by Crippen LogP contribution is 2.24. The number of rotatable bonds is 2. The first-order valence-electron chi connectivity index (χ1n) is 5.84. The standard InChI is InChI=1S/C14H12N4O/c1-9-7-17-14(15)18-13(9)19-11-6-10-4-2-3-5-12(10)16-8-11/h2-8H,1H3,(H2,15,17,18). The van der Waals surface area contributed by atoms with Crippen LogP contribution in [0, 0.1) is 6.92 Å². The summed E-state index contributed by atoms with van der Waals surface area (Å²) in [5.74, 6) is 1.26. The molecule has 0 fully saturated rings. The van der Waals surface area contributed by atoms with Crippen LogP contribution in [0.5, 0.6) is 11.6 Å². The molecule has 0 unspecified atom stereocenters. The highest BCUT2D eigenvalue weighted by molar-refractivity contribution is 5.79. The van der Waals surface area contributed by atoms with Crippen molar-refractivity contribution in [3.8, 4) is 11.6 Å². The molecular formula is C14H12N4O. The molecule has 19 heavy (non-hydrogen) atoms. The van der Waals surface area contributed by atoms with Crippen LogP contribution in [0.25, 0.3) is 10.9 Å². The van der Waals surface area contributed by atoms with Crippen LogP contribution in [-0.4, -0.2) is 15.0 Å². The SMILES string of the molecule is Cc1cnc(N)nc1Oc1cnc2ccccc2c1. The number of aryl methyl sites for hydroxylation is 1. The maximum Gasteiger partial charge on any atom is 0.227 e. The largest absolute Gasteiger partial charge is 0.437 e. The number of benzene rings is 1. The lowest BCUT2D eigenvalue weighted by molar-refractivity contribution is 0.457. The summed E-state index contributed by atoms with van der Waals surface area (Å²) in [5.41, 5.74) is 7.30. The molecule has 0 atom stereocenters. The van der Waals surface area contributed by atoms with Gasteiger partial charge in [-0.05, 0) is 19.1 Å². The van der Waals surface area contributed by atoms with E-state index < -0.39 is 0 Å². The predicted octanol–water partition coefficient (Wildman–Crippen LogP) is 2.71. The quantitative estimate of drug-likeness (QED) is 0.759. The molecule has 5 nitrogen and oxygen atoms in total. The van der Waals surface area contributed by atoms with Gasteiger partial charge in [-0.25, -0.2) is 4.98 Å². The summed E-state index contributed by atoms with van der Waals surface area (Å²) < 4.78 is 5.70. The summed E-state index contributed by atoms with van der Waals surface area (Å²) in [6.07, 6.45) is 3.30. The molecule has 0 amide bonds. The van der Waals surface area contributed by atoms with Gasteiger partial charge in [0.15, 0.2) is 0 Å². The Morgan fingerprint density at radius 2 is 1.95 bits per heavy atom. The first kappa shape index (κ1) is 11.4. The van der Waals surface area contributed by atoms with E-state index in [4.69, 9.17) is 10.5 Å². The lowest BCUT2D eigenvalue weighted by Crippen LogP contribution is -1.99. The van der Waals surface area contributed by atoms with Crippen molar-refractivity contribution in [2.45, 2.75) is 6.92 Å². The summed E-state index contributed by atoms with van der Waals surface area (Å²) in [7, 11) is 0. The van der Waals surface area contributed by atoms with Gasteiger partial charge in [0.05, 0.1) is 11.7 Å². The van der Waals surface area contributed by atoms with E-state index in [2.05, 4.69) is 15.0 Å². The van der Waals surface area contributed by atoms with Crippen molar-refractivity contribution in [1.82, 2.24) is 15.0 Å². The molecule has 0 bridgehead atoms. The minimum atomic E-state index is 0.189. The minimum Gasteiger partial charge on any atom is -0.437 e. The van der Waals surface area contributed by atoms with Crippen molar-refractivity contribution in [3.63, 3.8) is 0 Å². The zero-order chi connectivity index (χ0) is 13.2. The fourth-order valence-corrected chi connectivity index (χ4v) is 1.76. The minimum absolute atomic E-state index is 0.189. The van der Waals surface area contributed by atoms with Gasteiger partial charge in [-0.15, -0.1) is 0 Å². The Bertz CT molecular complexity index is 742. The molecule has 1 aromatic carbocycles. The molecule has 3 aromatic rings. The van der Waals surface area contributed by atoms with E-state index in [1.807, 2.05) is 37.3 Å². The topological polar surface area (TPSA) is 73.9 Å². The van der Waals surface area contributed by atoms with Crippen molar-refractivity contribution in [3.05, 3.63) is 48.3 Å². The van der Waals surface area contributed by atoms with Crippen molar-refractivity contribution < 1.29 is 4.74 Å². The number of aromatic nitrogens is 3. The molecule has 0 radical (unpaired) electrons. The third kappa shape index (κ3) is 2.30. The van der Waals surface area contributed by atoms with Crippen LogP contribution in [0.4, 0.5) is 5.95 Å². The Hall–Kier alpha value is -2.69. The number of pyridine rings is 1. The molecule has 0 saturated carbocycles. The van der Waals surface area contributed by atoms with Crippen molar-refractivity contribution in [2.75, 3.05) is 5.73 Å². The zero-order valence-corrected chi connectivity index (χ0v) is 10.4. The van der Waals surface area contributed by atoms with Crippen molar-refractivity contribution in [2.24, 2.45) is 0 Å². The van der Waals surface area contributed by atoms with Gasteiger partial charge in [0, 0.05) is 17.1 Å². The summed E-state index contributed by atoms with van der Waals surface area (Å²) in [4.78, 5) is 12.3. The fourth-order valence-electron chi connectivity index (χ4n) is 1.76. The van der Waals surface area contributed by atoms with Crippen LogP contribution in [0.1, 0.15) is 5.56 Å². The number of nitrogens with zero attached hydrogens (tertiary/aromatic N) is 3. The third-order valence-electron chi connectivity index (χ3n) is 2.72. The summed E-state index contributed by atoms with van der Waals surface area (Å²) in [6, 6.07) is 9.76. The summed E-state index contributed by atoms with van der Waals surface area (Å²) in [6.45, 7) is 1.86. The van der Waals surface area contributed by atoms with Crippen LogP contribution in [0.3, 0.4) is 0 Å². The number of nitrogens with two attached hydrogens (primary N) is 1. The maximum atomic E-state index is 5.70. The van der Waals surface area contributed by atoms with E-state index in [1.165, 1.54) is 0 Å². The lowest BCUT2D eigenvalue weighted by atomic mass is 10.2. The summed E-state index contributed by atoms with van der Waals surface area (Å²) in [5, 5.41) is 1.01. The Morgan fingerprint density at radius 3 is 2.84 bits per heavy atom. The van der Waals surface area contributed by atoms with Gasteiger partial charge in [-0.1, -0.05) is 18.2 Å². The second-order valence-corrected chi connectivity index (χ2v) is 4.18. The number of para-hydroxylation sites is 1. The van der Waals surface area contributed by atoms with Crippen LogP contribution < -0.4 is 10.5 Å². The van der Waals surface area contributed by atoms with E-state index >= 15 is 0 Å². The molecule has 2 N–H and O–H groups in total. The van der Waals surface area contributed by atoms with E-state index in [0.717, 1.165) is 16.5 Å². The fraction of sp³-hybridized carbons (Fsp3) is 0.0714. The molecule has 0 aliphatic heterocycles. The Kier molecular flexibility index (Phi) is 2.72. The Balaban J connectivity index is 1.98. The van der Waals surface area contributed by atoms with Gasteiger partial charge in [0.1, 0.15) is 5.75 Å². The first-order chi connectivity index (χ1) is 9.22. The van der Waals surface area contributed by atoms with E-state index in [-0.39, 0.29) is 5.95 Å². The van der Waals surface area contributed by atoms with E-state index in [0.29, 0.717) is 11.6 Å². The molecule has 5 heteroatoms. The number of fused-ring (bicyclic) bond motifs is 1. The Morgan fingerprint density at radius 1 is 1.11 bits per heavy atom. The second-order valence-electron chi connectivity index (χ2n) is 4.18. The molecule has 0 saturated heterocycles. The number of hydrogen-bond donors (Lipinski definition) is 1. The van der Waals surface area contributed by atoms with Gasteiger partial charge in [-0.2, -0.15) is 4.98 Å². The van der Waals surface area contributed by atoms with Crippen LogP contribution in [0.15, 0.2) is 42.7 Å². The Labute approximate surface area is 110 Å². The van der Waals surface area contributed by atoms with Gasteiger partial charge in [0.25, 0.3) is 0 Å². The van der Waals surface area contributed by atoms with Crippen molar-refractivity contribution in [1.29, 1.82) is 0 Å². The highest BCUT2D eigenvalue weighted by atomic mass is 16.5. The van der Waals surface area contributed by atoms with E-state index in [1.54, 1.807) is 12.4 Å². The van der Waals surface area contributed by atoms with Crippen LogP contribution >= 0.6 is 0 Å². The highest BCUT2D eigenvalue weighted by Gasteiger charge is 2.06. The molecule has 0 aliphatic carbocycles. The molecule has 3 rings (SSSR count). The lowest BCUT2D eigenvalue weighted by Gasteiger charge is -2.07. The number of ether oxygens (including phenoxy) is 1. The van der Waals surface area contributed by atoms with Gasteiger partial charge < -0.3 is 10.5 Å². The average molecular weight is 252 g/mol. The number of anilines is 1. The molecule has 0 aliphatic rings. The predicted molar refractivity (Wildman–Crippen MR) is 73.0 cm³/mol. The zero-order valence-electron chi connectivity index (χ0n) is 10.4. The van der Waals surface area contributed by atoms with Crippen LogP contribution in [0.2, 0.25) is 0 Å². The van der Waals surface area contributed by atoms with E-state index in [9.17, 15) is 0 Å². The third-order valence-corrected chi connectivity index (χ3v) is 2.72. The van der Waals surface area contributed by atoms with Crippen LogP contribution in [-0.2, 0) is 0 Å². The van der Waals surface area contributed by atoms with Gasteiger partial charge in [-0.3, -0.25) is 4.98 Å². The monoisotopic (exact) mass is 252 g/mol. The number of nitrogen functional groups attached to an aromatic ring is 1.